The summed E-state index contributed by atoms with van der Waals surface area (Å²) in [6.45, 7) is 2.54. The number of benzene rings is 2. The van der Waals surface area contributed by atoms with Crippen LogP contribution in [0.15, 0.2) is 60.7 Å². The lowest BCUT2D eigenvalue weighted by Gasteiger charge is -2.12. The van der Waals surface area contributed by atoms with Crippen molar-refractivity contribution in [3.8, 4) is 5.75 Å². The molecule has 1 unspecified atom stereocenters. The van der Waals surface area contributed by atoms with E-state index in [0.717, 1.165) is 22.2 Å². The van der Waals surface area contributed by atoms with Crippen LogP contribution in [0.4, 0.5) is 0 Å². The van der Waals surface area contributed by atoms with E-state index in [1.165, 1.54) is 0 Å². The molecule has 5 heteroatoms. The first-order chi connectivity index (χ1) is 12.7. The molecule has 1 heterocycles. The van der Waals surface area contributed by atoms with Crippen molar-refractivity contribution in [2.75, 3.05) is 6.61 Å². The van der Waals surface area contributed by atoms with Crippen LogP contribution in [0.2, 0.25) is 0 Å². The standard InChI is InChI=1S/C21H22N2O3/c1-2-25-21(24)18(22)13-17-12-11-16-9-6-10-19(20(16)23-17)26-14-15-7-4-3-5-8-15/h3-12,18H,2,13-14,22H2,1H3. The molecular weight excluding hydrogens is 328 g/mol. The van der Waals surface area contributed by atoms with Gasteiger partial charge in [0.25, 0.3) is 0 Å². The second kappa shape index (κ2) is 8.45. The van der Waals surface area contributed by atoms with Gasteiger partial charge in [0.15, 0.2) is 0 Å². The van der Waals surface area contributed by atoms with Crippen LogP contribution in [0.25, 0.3) is 10.9 Å². The molecule has 0 bridgehead atoms. The molecule has 0 fully saturated rings. The average molecular weight is 350 g/mol. The summed E-state index contributed by atoms with van der Waals surface area (Å²) in [6, 6.07) is 18.9. The molecule has 1 aromatic heterocycles. The Hall–Kier alpha value is -2.92. The van der Waals surface area contributed by atoms with Crippen molar-refractivity contribution in [1.82, 2.24) is 4.98 Å². The summed E-state index contributed by atoms with van der Waals surface area (Å²) in [5, 5.41) is 0.976. The first-order valence-corrected chi connectivity index (χ1v) is 8.65. The van der Waals surface area contributed by atoms with Crippen molar-refractivity contribution in [3.63, 3.8) is 0 Å². The molecule has 0 aliphatic rings. The third-order valence-electron chi connectivity index (χ3n) is 4.00. The fourth-order valence-corrected chi connectivity index (χ4v) is 2.68. The van der Waals surface area contributed by atoms with Gasteiger partial charge in [0.2, 0.25) is 0 Å². The van der Waals surface area contributed by atoms with Gasteiger partial charge >= 0.3 is 5.97 Å². The first-order valence-electron chi connectivity index (χ1n) is 8.65. The van der Waals surface area contributed by atoms with Gasteiger partial charge in [0, 0.05) is 17.5 Å². The van der Waals surface area contributed by atoms with E-state index in [2.05, 4.69) is 4.98 Å². The van der Waals surface area contributed by atoms with Gasteiger partial charge in [-0.3, -0.25) is 4.79 Å². The highest BCUT2D eigenvalue weighted by Gasteiger charge is 2.16. The fourth-order valence-electron chi connectivity index (χ4n) is 2.68. The monoisotopic (exact) mass is 350 g/mol. The molecule has 0 radical (unpaired) electrons. The number of hydrogen-bond donors (Lipinski definition) is 1. The number of pyridine rings is 1. The molecule has 5 nitrogen and oxygen atoms in total. The lowest BCUT2D eigenvalue weighted by Crippen LogP contribution is -2.34. The van der Waals surface area contributed by atoms with Gasteiger partial charge < -0.3 is 15.2 Å². The van der Waals surface area contributed by atoms with Gasteiger partial charge in [-0.15, -0.1) is 0 Å². The van der Waals surface area contributed by atoms with Gasteiger partial charge in [-0.05, 0) is 24.6 Å². The summed E-state index contributed by atoms with van der Waals surface area (Å²) >= 11 is 0. The van der Waals surface area contributed by atoms with Crippen LogP contribution >= 0.6 is 0 Å². The third kappa shape index (κ3) is 4.37. The number of esters is 1. The summed E-state index contributed by atoms with van der Waals surface area (Å²) in [4.78, 5) is 16.4. The summed E-state index contributed by atoms with van der Waals surface area (Å²) in [5.41, 5.74) is 8.49. The van der Waals surface area contributed by atoms with E-state index >= 15 is 0 Å². The van der Waals surface area contributed by atoms with Gasteiger partial charge in [-0.2, -0.15) is 0 Å². The van der Waals surface area contributed by atoms with E-state index in [1.54, 1.807) is 6.92 Å². The molecule has 0 saturated carbocycles. The number of rotatable bonds is 7. The van der Waals surface area contributed by atoms with Crippen LogP contribution in [-0.4, -0.2) is 23.6 Å². The smallest absolute Gasteiger partial charge is 0.323 e. The number of hydrogen-bond acceptors (Lipinski definition) is 5. The molecule has 3 aromatic rings. The minimum absolute atomic E-state index is 0.315. The van der Waals surface area contributed by atoms with Crippen LogP contribution in [0.3, 0.4) is 0 Å². The Morgan fingerprint density at radius 2 is 1.88 bits per heavy atom. The average Bonchev–Trinajstić information content (AvgIpc) is 2.67. The predicted octanol–water partition coefficient (Wildman–Crippen LogP) is 3.25. The van der Waals surface area contributed by atoms with E-state index in [4.69, 9.17) is 15.2 Å². The van der Waals surface area contributed by atoms with Gasteiger partial charge in [0.05, 0.1) is 6.61 Å². The summed E-state index contributed by atoms with van der Waals surface area (Å²) in [5.74, 6) is 0.293. The molecule has 134 valence electrons. The van der Waals surface area contributed by atoms with Crippen molar-refractivity contribution in [2.24, 2.45) is 5.73 Å². The second-order valence-electron chi connectivity index (χ2n) is 5.97. The SMILES string of the molecule is CCOC(=O)C(N)Cc1ccc2cccc(OCc3ccccc3)c2n1. The molecule has 2 aromatic carbocycles. The minimum atomic E-state index is -0.725. The zero-order valence-electron chi connectivity index (χ0n) is 14.7. The van der Waals surface area contributed by atoms with Crippen LogP contribution in [-0.2, 0) is 22.6 Å². The Labute approximate surface area is 152 Å². The third-order valence-corrected chi connectivity index (χ3v) is 4.00. The molecular formula is C21H22N2O3. The zero-order chi connectivity index (χ0) is 18.4. The van der Waals surface area contributed by atoms with Crippen LogP contribution in [0.1, 0.15) is 18.2 Å². The number of fused-ring (bicyclic) bond motifs is 1. The molecule has 0 aliphatic carbocycles. The number of nitrogens with zero attached hydrogens (tertiary/aromatic N) is 1. The van der Waals surface area contributed by atoms with E-state index < -0.39 is 12.0 Å². The molecule has 26 heavy (non-hydrogen) atoms. The van der Waals surface area contributed by atoms with E-state index in [-0.39, 0.29) is 0 Å². The summed E-state index contributed by atoms with van der Waals surface area (Å²) in [7, 11) is 0. The number of aromatic nitrogens is 1. The summed E-state index contributed by atoms with van der Waals surface area (Å²) in [6.07, 6.45) is 0.321. The lowest BCUT2D eigenvalue weighted by atomic mass is 10.1. The van der Waals surface area contributed by atoms with Gasteiger partial charge in [-0.25, -0.2) is 4.98 Å². The molecule has 3 rings (SSSR count). The molecule has 0 saturated heterocycles. The summed E-state index contributed by atoms with van der Waals surface area (Å²) < 4.78 is 10.9. The maximum Gasteiger partial charge on any atom is 0.323 e. The van der Waals surface area contributed by atoms with Crippen molar-refractivity contribution >= 4 is 16.9 Å². The Morgan fingerprint density at radius 1 is 1.08 bits per heavy atom. The van der Waals surface area contributed by atoms with Crippen LogP contribution in [0, 0.1) is 0 Å². The molecule has 0 amide bonds. The van der Waals surface area contributed by atoms with Crippen LogP contribution < -0.4 is 10.5 Å². The maximum atomic E-state index is 11.7. The maximum absolute atomic E-state index is 11.7. The lowest BCUT2D eigenvalue weighted by molar-refractivity contribution is -0.144. The number of carbonyl (C=O) groups is 1. The number of carbonyl (C=O) groups excluding carboxylic acids is 1. The van der Waals surface area contributed by atoms with Crippen molar-refractivity contribution in [2.45, 2.75) is 26.0 Å². The number of para-hydroxylation sites is 1. The van der Waals surface area contributed by atoms with E-state index in [0.29, 0.717) is 25.4 Å². The van der Waals surface area contributed by atoms with Gasteiger partial charge in [0.1, 0.15) is 23.9 Å². The normalized spacial score (nSPS) is 11.9. The highest BCUT2D eigenvalue weighted by atomic mass is 16.5. The Kier molecular flexibility index (Phi) is 5.81. The Morgan fingerprint density at radius 3 is 2.65 bits per heavy atom. The van der Waals surface area contributed by atoms with Gasteiger partial charge in [-0.1, -0.05) is 48.5 Å². The molecule has 0 spiro atoms. The number of ether oxygens (including phenoxy) is 2. The zero-order valence-corrected chi connectivity index (χ0v) is 14.7. The van der Waals surface area contributed by atoms with E-state index in [1.807, 2.05) is 60.7 Å². The topological polar surface area (TPSA) is 74.4 Å². The molecule has 2 N–H and O–H groups in total. The largest absolute Gasteiger partial charge is 0.487 e. The van der Waals surface area contributed by atoms with E-state index in [9.17, 15) is 4.79 Å². The second-order valence-corrected chi connectivity index (χ2v) is 5.97. The van der Waals surface area contributed by atoms with Crippen molar-refractivity contribution < 1.29 is 14.3 Å². The predicted molar refractivity (Wildman–Crippen MR) is 101 cm³/mol. The fraction of sp³-hybridized carbons (Fsp3) is 0.238. The quantitative estimate of drug-likeness (QED) is 0.662. The highest BCUT2D eigenvalue weighted by Crippen LogP contribution is 2.25. The van der Waals surface area contributed by atoms with Crippen molar-refractivity contribution in [3.05, 3.63) is 71.9 Å². The highest BCUT2D eigenvalue weighted by molar-refractivity contribution is 5.84. The first kappa shape index (κ1) is 17.9. The minimum Gasteiger partial charge on any atom is -0.487 e. The number of nitrogens with two attached hydrogens (primary N) is 1. The van der Waals surface area contributed by atoms with Crippen molar-refractivity contribution in [1.29, 1.82) is 0 Å². The van der Waals surface area contributed by atoms with Crippen LogP contribution in [0.5, 0.6) is 5.75 Å². The molecule has 0 aliphatic heterocycles. The Bertz CT molecular complexity index is 881. The molecule has 1 atom stereocenters. The Balaban J connectivity index is 1.80.